The Morgan fingerprint density at radius 1 is 1.10 bits per heavy atom. The first kappa shape index (κ1) is 19.8. The van der Waals surface area contributed by atoms with E-state index in [0.717, 1.165) is 25.7 Å². The second kappa shape index (κ2) is 13.8. The maximum atomic E-state index is 12.0. The molecule has 0 aromatic rings. The molecule has 0 amide bonds. The minimum Gasteiger partial charge on any atom is -0.464 e. The Morgan fingerprint density at radius 3 is 2.25 bits per heavy atom. The van der Waals surface area contributed by atoms with Gasteiger partial charge in [0.15, 0.2) is 0 Å². The van der Waals surface area contributed by atoms with Crippen LogP contribution in [0.2, 0.25) is 0 Å². The molecule has 0 aliphatic carbocycles. The molecule has 6 heteroatoms. The zero-order chi connectivity index (χ0) is 15.2. The van der Waals surface area contributed by atoms with Crippen LogP contribution in [-0.4, -0.2) is 41.6 Å². The van der Waals surface area contributed by atoms with Gasteiger partial charge in [0, 0.05) is 17.4 Å². The Balaban J connectivity index is 3.79. The molecule has 0 spiro atoms. The minimum atomic E-state index is -0.417. The number of hydrogen-bond acceptors (Lipinski definition) is 6. The molecule has 0 aromatic heterocycles. The van der Waals surface area contributed by atoms with Crippen LogP contribution < -0.4 is 0 Å². The second-order valence-electron chi connectivity index (χ2n) is 4.51. The molecule has 4 nitrogen and oxygen atoms in total. The molecule has 0 rings (SSSR count). The van der Waals surface area contributed by atoms with Crippen molar-refractivity contribution in [3.05, 3.63) is 0 Å². The smallest absolute Gasteiger partial charge is 0.313 e. The zero-order valence-electron chi connectivity index (χ0n) is 12.4. The summed E-state index contributed by atoms with van der Waals surface area (Å²) < 4.78 is 5.04. The van der Waals surface area contributed by atoms with Gasteiger partial charge in [-0.3, -0.25) is 9.59 Å². The Bertz CT molecular complexity index is 266. The summed E-state index contributed by atoms with van der Waals surface area (Å²) in [6.07, 6.45) is 3.54. The number of carbonyl (C=O) groups is 2. The maximum absolute atomic E-state index is 12.0. The quantitative estimate of drug-likeness (QED) is 0.243. The molecule has 1 N–H and O–H groups in total. The highest BCUT2D eigenvalue weighted by atomic mass is 33.1. The second-order valence-corrected chi connectivity index (χ2v) is 7.21. The van der Waals surface area contributed by atoms with Crippen molar-refractivity contribution in [3.63, 3.8) is 0 Å². The van der Waals surface area contributed by atoms with Gasteiger partial charge in [0.2, 0.25) is 0 Å². The van der Waals surface area contributed by atoms with E-state index in [1.54, 1.807) is 21.6 Å². The van der Waals surface area contributed by atoms with Gasteiger partial charge < -0.3 is 9.84 Å². The molecule has 0 aliphatic rings. The fourth-order valence-electron chi connectivity index (χ4n) is 1.85. The van der Waals surface area contributed by atoms with Gasteiger partial charge in [-0.05, 0) is 12.8 Å². The lowest BCUT2D eigenvalue weighted by atomic mass is 9.92. The first-order valence-corrected chi connectivity index (χ1v) is 9.68. The topological polar surface area (TPSA) is 63.6 Å². The summed E-state index contributed by atoms with van der Waals surface area (Å²) in [5.41, 5.74) is 0. The highest BCUT2D eigenvalue weighted by Gasteiger charge is 2.20. The minimum absolute atomic E-state index is 0.00651. The normalized spacial score (nSPS) is 10.8. The third kappa shape index (κ3) is 10.6. The van der Waals surface area contributed by atoms with Crippen LogP contribution in [0.5, 0.6) is 0 Å². The highest BCUT2D eigenvalue weighted by Crippen LogP contribution is 2.20. The third-order valence-corrected chi connectivity index (χ3v) is 5.09. The van der Waals surface area contributed by atoms with Gasteiger partial charge in [-0.25, -0.2) is 0 Å². The van der Waals surface area contributed by atoms with Gasteiger partial charge >= 0.3 is 5.97 Å². The van der Waals surface area contributed by atoms with E-state index in [1.807, 2.05) is 0 Å². The zero-order valence-corrected chi connectivity index (χ0v) is 14.1. The Kier molecular flexibility index (Phi) is 13.6. The van der Waals surface area contributed by atoms with Crippen LogP contribution >= 0.6 is 21.6 Å². The standard InChI is InChI=1S/C14H26O4S2/c1-3-5-12(6-4-2)13(16)11-14(17)18-8-10-20-19-9-7-15/h12,15H,3-11H2,1-2H3. The summed E-state index contributed by atoms with van der Waals surface area (Å²) in [4.78, 5) is 23.5. The van der Waals surface area contributed by atoms with E-state index in [1.165, 1.54) is 0 Å². The van der Waals surface area contributed by atoms with Crippen molar-refractivity contribution in [3.8, 4) is 0 Å². The Hall–Kier alpha value is -0.200. The Morgan fingerprint density at radius 2 is 1.70 bits per heavy atom. The van der Waals surface area contributed by atoms with E-state index in [4.69, 9.17) is 9.84 Å². The first-order chi connectivity index (χ1) is 9.65. The predicted molar refractivity (Wildman–Crippen MR) is 85.9 cm³/mol. The van der Waals surface area contributed by atoms with Crippen molar-refractivity contribution >= 4 is 33.3 Å². The number of Topliss-reactive ketones (excluding diaryl/α,β-unsaturated/α-hetero) is 1. The summed E-state index contributed by atoms with van der Waals surface area (Å²) in [6.45, 7) is 4.58. The lowest BCUT2D eigenvalue weighted by Crippen LogP contribution is -2.20. The van der Waals surface area contributed by atoms with Crippen molar-refractivity contribution in [1.29, 1.82) is 0 Å². The van der Waals surface area contributed by atoms with E-state index >= 15 is 0 Å². The van der Waals surface area contributed by atoms with Crippen molar-refractivity contribution in [2.75, 3.05) is 24.7 Å². The van der Waals surface area contributed by atoms with E-state index in [-0.39, 0.29) is 24.7 Å². The molecule has 0 bridgehead atoms. The number of esters is 1. The van der Waals surface area contributed by atoms with Gasteiger partial charge in [0.1, 0.15) is 18.8 Å². The van der Waals surface area contributed by atoms with Crippen molar-refractivity contribution in [2.45, 2.75) is 46.0 Å². The largest absolute Gasteiger partial charge is 0.464 e. The van der Waals surface area contributed by atoms with Crippen LogP contribution in [0.25, 0.3) is 0 Å². The van der Waals surface area contributed by atoms with E-state index in [9.17, 15) is 9.59 Å². The van der Waals surface area contributed by atoms with Gasteiger partial charge in [0.25, 0.3) is 0 Å². The number of aliphatic hydroxyl groups is 1. The molecule has 0 aromatic carbocycles. The van der Waals surface area contributed by atoms with Crippen LogP contribution in [0.3, 0.4) is 0 Å². The van der Waals surface area contributed by atoms with E-state index in [2.05, 4.69) is 13.8 Å². The molecule has 0 fully saturated rings. The van der Waals surface area contributed by atoms with Crippen LogP contribution in [-0.2, 0) is 14.3 Å². The van der Waals surface area contributed by atoms with Gasteiger partial charge in [0.05, 0.1) is 6.61 Å². The van der Waals surface area contributed by atoms with Crippen LogP contribution in [0.4, 0.5) is 0 Å². The predicted octanol–water partition coefficient (Wildman–Crippen LogP) is 3.08. The monoisotopic (exact) mass is 322 g/mol. The van der Waals surface area contributed by atoms with Gasteiger partial charge in [-0.1, -0.05) is 48.3 Å². The van der Waals surface area contributed by atoms with Gasteiger partial charge in [-0.2, -0.15) is 0 Å². The molecule has 20 heavy (non-hydrogen) atoms. The molecule has 0 unspecified atom stereocenters. The average Bonchev–Trinajstić information content (AvgIpc) is 2.42. The van der Waals surface area contributed by atoms with E-state index < -0.39 is 5.97 Å². The molecule has 0 saturated heterocycles. The van der Waals surface area contributed by atoms with Crippen molar-refractivity contribution in [2.24, 2.45) is 5.92 Å². The Labute approximate surface area is 129 Å². The van der Waals surface area contributed by atoms with Crippen molar-refractivity contribution in [1.82, 2.24) is 0 Å². The number of ether oxygens (including phenoxy) is 1. The molecule has 0 aliphatic heterocycles. The SMILES string of the molecule is CCCC(CCC)C(=O)CC(=O)OCCSSCCO. The lowest BCUT2D eigenvalue weighted by Gasteiger charge is -2.13. The molecular formula is C14H26O4S2. The number of rotatable bonds is 13. The summed E-state index contributed by atoms with van der Waals surface area (Å²) >= 11 is 0. The number of ketones is 1. The summed E-state index contributed by atoms with van der Waals surface area (Å²) in [5, 5.41) is 8.59. The van der Waals surface area contributed by atoms with Crippen LogP contribution in [0.15, 0.2) is 0 Å². The fourth-order valence-corrected chi connectivity index (χ4v) is 3.44. The maximum Gasteiger partial charge on any atom is 0.313 e. The van der Waals surface area contributed by atoms with Gasteiger partial charge in [-0.15, -0.1) is 0 Å². The highest BCUT2D eigenvalue weighted by molar-refractivity contribution is 8.76. The average molecular weight is 322 g/mol. The summed E-state index contributed by atoms with van der Waals surface area (Å²) in [6, 6.07) is 0. The molecule has 0 atom stereocenters. The first-order valence-electron chi connectivity index (χ1n) is 7.19. The summed E-state index contributed by atoms with van der Waals surface area (Å²) in [5.74, 6) is 0.957. The fraction of sp³-hybridized carbons (Fsp3) is 0.857. The third-order valence-electron chi connectivity index (χ3n) is 2.74. The van der Waals surface area contributed by atoms with Crippen LogP contribution in [0.1, 0.15) is 46.0 Å². The number of hydrogen-bond donors (Lipinski definition) is 1. The number of carbonyl (C=O) groups excluding carboxylic acids is 2. The van der Waals surface area contributed by atoms with Crippen molar-refractivity contribution < 1.29 is 19.4 Å². The lowest BCUT2D eigenvalue weighted by molar-refractivity contribution is -0.146. The van der Waals surface area contributed by atoms with Crippen LogP contribution in [0, 0.1) is 5.92 Å². The molecule has 118 valence electrons. The number of aliphatic hydroxyl groups excluding tert-OH is 1. The molecular weight excluding hydrogens is 296 g/mol. The van der Waals surface area contributed by atoms with E-state index in [0.29, 0.717) is 18.1 Å². The summed E-state index contributed by atoms with van der Waals surface area (Å²) in [7, 11) is 3.10. The molecule has 0 heterocycles. The molecule has 0 radical (unpaired) electrons. The molecule has 0 saturated carbocycles.